The second kappa shape index (κ2) is 8.50. The topological polar surface area (TPSA) is 21.1 Å². The molecule has 0 bridgehead atoms. The predicted molar refractivity (Wildman–Crippen MR) is 117 cm³/mol. The van der Waals surface area contributed by atoms with Gasteiger partial charge >= 0.3 is 6.18 Å². The van der Waals surface area contributed by atoms with E-state index in [1.807, 2.05) is 0 Å². The van der Waals surface area contributed by atoms with Crippen molar-refractivity contribution in [3.63, 3.8) is 0 Å². The van der Waals surface area contributed by atoms with E-state index in [0.29, 0.717) is 6.04 Å². The first-order valence-electron chi connectivity index (χ1n) is 11.2. The zero-order valence-electron chi connectivity index (χ0n) is 18.0. The van der Waals surface area contributed by atoms with Gasteiger partial charge in [0.25, 0.3) is 0 Å². The summed E-state index contributed by atoms with van der Waals surface area (Å²) < 4.78 is 41.1. The first kappa shape index (κ1) is 21.6. The number of nitrogens with zero attached hydrogens (tertiary/aromatic N) is 3. The Kier molecular flexibility index (Phi) is 6.12. The molecular formula is C23H32F3N3Si. The van der Waals surface area contributed by atoms with Gasteiger partial charge in [0.1, 0.15) is 0 Å². The minimum atomic E-state index is -4.31. The molecule has 0 amide bonds. The summed E-state index contributed by atoms with van der Waals surface area (Å²) in [5, 5.41) is 4.98. The zero-order chi connectivity index (χ0) is 21.4. The molecule has 0 spiro atoms. The molecule has 1 saturated heterocycles. The fourth-order valence-corrected chi connectivity index (χ4v) is 6.81. The van der Waals surface area contributed by atoms with Crippen molar-refractivity contribution < 1.29 is 13.2 Å². The van der Waals surface area contributed by atoms with Crippen molar-refractivity contribution in [1.82, 2.24) is 14.7 Å². The molecule has 1 aliphatic carbocycles. The van der Waals surface area contributed by atoms with Gasteiger partial charge in [-0.15, -0.1) is 0 Å². The van der Waals surface area contributed by atoms with Crippen LogP contribution < -0.4 is 0 Å². The second-order valence-electron chi connectivity index (χ2n) is 9.77. The lowest BCUT2D eigenvalue weighted by atomic mass is 9.95. The first-order valence-corrected chi connectivity index (χ1v) is 14.6. The number of halogens is 3. The van der Waals surface area contributed by atoms with Crippen LogP contribution in [0.2, 0.25) is 25.2 Å². The molecule has 4 rings (SSSR count). The van der Waals surface area contributed by atoms with Gasteiger partial charge in [-0.2, -0.15) is 18.3 Å². The Labute approximate surface area is 178 Å². The molecule has 3 nitrogen and oxygen atoms in total. The van der Waals surface area contributed by atoms with E-state index in [0.717, 1.165) is 49.4 Å². The molecule has 0 N–H and O–H groups in total. The molecule has 2 fully saturated rings. The molecular weight excluding hydrogens is 403 g/mol. The van der Waals surface area contributed by atoms with Gasteiger partial charge in [-0.25, -0.2) is 0 Å². The van der Waals surface area contributed by atoms with Crippen LogP contribution in [0.15, 0.2) is 30.3 Å². The van der Waals surface area contributed by atoms with Crippen molar-refractivity contribution >= 4 is 8.07 Å². The smallest absolute Gasteiger partial charge is 0.298 e. The van der Waals surface area contributed by atoms with Crippen molar-refractivity contribution in [3.05, 3.63) is 41.6 Å². The van der Waals surface area contributed by atoms with Crippen LogP contribution in [-0.2, 0) is 12.7 Å². The van der Waals surface area contributed by atoms with E-state index in [-0.39, 0.29) is 0 Å². The molecule has 2 aliphatic rings. The Morgan fingerprint density at radius 1 is 1.00 bits per heavy atom. The molecule has 1 saturated carbocycles. The molecule has 0 unspecified atom stereocenters. The van der Waals surface area contributed by atoms with Crippen molar-refractivity contribution in [2.24, 2.45) is 0 Å². The summed E-state index contributed by atoms with van der Waals surface area (Å²) in [7, 11) is -1.01. The average molecular weight is 436 g/mol. The molecule has 1 aromatic carbocycles. The minimum absolute atomic E-state index is 0.345. The van der Waals surface area contributed by atoms with Crippen LogP contribution in [0.4, 0.5) is 13.2 Å². The van der Waals surface area contributed by atoms with Crippen LogP contribution in [0.1, 0.15) is 49.4 Å². The van der Waals surface area contributed by atoms with Gasteiger partial charge in [0, 0.05) is 14.6 Å². The molecule has 164 valence electrons. The lowest BCUT2D eigenvalue weighted by Gasteiger charge is -2.35. The van der Waals surface area contributed by atoms with E-state index in [2.05, 4.69) is 28.7 Å². The number of alkyl halides is 3. The fourth-order valence-electron chi connectivity index (χ4n) is 4.72. The zero-order valence-corrected chi connectivity index (χ0v) is 19.0. The summed E-state index contributed by atoms with van der Waals surface area (Å²) in [6.07, 6.45) is 1.53. The first-order chi connectivity index (χ1) is 14.2. The highest BCUT2D eigenvalue weighted by molar-refractivity contribution is 6.77. The van der Waals surface area contributed by atoms with Crippen molar-refractivity contribution in [2.45, 2.75) is 76.0 Å². The third-order valence-corrected chi connectivity index (χ3v) is 9.96. The minimum Gasteiger partial charge on any atom is -0.298 e. The number of hydrogen-bond acceptors (Lipinski definition) is 2. The summed E-state index contributed by atoms with van der Waals surface area (Å²) in [5.74, 6) is 0. The fraction of sp³-hybridized carbons (Fsp3) is 0.609. The summed E-state index contributed by atoms with van der Waals surface area (Å²) in [4.78, 5) is 2.49. The van der Waals surface area contributed by atoms with Gasteiger partial charge < -0.3 is 0 Å². The molecule has 2 heterocycles. The highest BCUT2D eigenvalue weighted by Crippen LogP contribution is 2.35. The summed E-state index contributed by atoms with van der Waals surface area (Å²) in [6.45, 7) is 8.02. The van der Waals surface area contributed by atoms with Gasteiger partial charge in [-0.3, -0.25) is 9.58 Å². The number of benzene rings is 1. The third-order valence-electron chi connectivity index (χ3n) is 6.81. The summed E-state index contributed by atoms with van der Waals surface area (Å²) in [6, 6.07) is 10.7. The number of rotatable bonds is 4. The number of hydrogen-bond donors (Lipinski definition) is 0. The quantitative estimate of drug-likeness (QED) is 0.505. The maximum atomic E-state index is 13.0. The highest BCUT2D eigenvalue weighted by Gasteiger charge is 2.31. The number of aromatic nitrogens is 2. The Morgan fingerprint density at radius 3 is 2.23 bits per heavy atom. The molecule has 30 heavy (non-hydrogen) atoms. The van der Waals surface area contributed by atoms with E-state index in [1.165, 1.54) is 43.5 Å². The van der Waals surface area contributed by atoms with Gasteiger partial charge in [-0.1, -0.05) is 44.5 Å². The van der Waals surface area contributed by atoms with Crippen LogP contribution >= 0.6 is 0 Å². The average Bonchev–Trinajstić information content (AvgIpc) is 3.13. The van der Waals surface area contributed by atoms with Crippen molar-refractivity contribution in [1.29, 1.82) is 0 Å². The Hall–Kier alpha value is -1.60. The van der Waals surface area contributed by atoms with E-state index in [4.69, 9.17) is 5.10 Å². The van der Waals surface area contributed by atoms with E-state index in [1.54, 1.807) is 12.1 Å². The molecule has 1 aromatic heterocycles. The van der Waals surface area contributed by atoms with Gasteiger partial charge in [-0.05, 0) is 61.8 Å². The largest absolute Gasteiger partial charge is 0.416 e. The van der Waals surface area contributed by atoms with Gasteiger partial charge in [0.05, 0.1) is 23.0 Å². The lowest BCUT2D eigenvalue weighted by molar-refractivity contribution is -0.137. The Bertz CT molecular complexity index is 842. The lowest BCUT2D eigenvalue weighted by Crippen LogP contribution is -2.42. The third kappa shape index (κ3) is 4.99. The van der Waals surface area contributed by atoms with Crippen LogP contribution in [0.3, 0.4) is 0 Å². The highest BCUT2D eigenvalue weighted by atomic mass is 28.3. The molecule has 2 aromatic rings. The van der Waals surface area contributed by atoms with Crippen molar-refractivity contribution in [3.8, 4) is 11.3 Å². The Morgan fingerprint density at radius 2 is 1.63 bits per heavy atom. The van der Waals surface area contributed by atoms with Gasteiger partial charge in [0.2, 0.25) is 0 Å². The normalized spacial score (nSPS) is 21.1. The van der Waals surface area contributed by atoms with E-state index < -0.39 is 19.8 Å². The predicted octanol–water partition coefficient (Wildman–Crippen LogP) is 6.60. The van der Waals surface area contributed by atoms with E-state index >= 15 is 0 Å². The monoisotopic (exact) mass is 435 g/mol. The van der Waals surface area contributed by atoms with Crippen LogP contribution in [0.5, 0.6) is 0 Å². The van der Waals surface area contributed by atoms with Crippen LogP contribution in [0.25, 0.3) is 11.3 Å². The maximum absolute atomic E-state index is 13.0. The molecule has 0 radical (unpaired) electrons. The SMILES string of the molecule is C[Si]1(C)CCN(Cc2cc(-c3ccc(C(F)(F)F)cc3)n(C3CCCCC3)n2)CC1. The standard InChI is InChI=1S/C23H32F3N3Si/c1-30(2)14-12-28(13-15-30)17-20-16-22(29(27-20)21-6-4-3-5-7-21)18-8-10-19(11-9-18)23(24,25)26/h8-11,16,21H,3-7,12-15,17H2,1-2H3. The maximum Gasteiger partial charge on any atom is 0.416 e. The van der Waals surface area contributed by atoms with Crippen molar-refractivity contribution in [2.75, 3.05) is 13.1 Å². The summed E-state index contributed by atoms with van der Waals surface area (Å²) in [5.41, 5.74) is 2.21. The molecule has 0 atom stereocenters. The molecule has 1 aliphatic heterocycles. The Balaban J connectivity index is 1.59. The van der Waals surface area contributed by atoms with E-state index in [9.17, 15) is 13.2 Å². The second-order valence-corrected chi connectivity index (χ2v) is 15.1. The van der Waals surface area contributed by atoms with Crippen LogP contribution in [-0.4, -0.2) is 35.8 Å². The van der Waals surface area contributed by atoms with Gasteiger partial charge in [0.15, 0.2) is 0 Å². The van der Waals surface area contributed by atoms with Crippen LogP contribution in [0, 0.1) is 0 Å². The summed E-state index contributed by atoms with van der Waals surface area (Å²) >= 11 is 0. The molecule has 7 heteroatoms.